The molecule has 0 bridgehead atoms. The van der Waals surface area contributed by atoms with Crippen molar-refractivity contribution in [2.75, 3.05) is 20.3 Å². The number of halogens is 1. The largest absolute Gasteiger partial charge is 0.469 e. The molecule has 8 nitrogen and oxygen atoms in total. The van der Waals surface area contributed by atoms with Crippen LogP contribution >= 0.6 is 15.9 Å². The Hall–Kier alpha value is -2.08. The molecule has 0 amide bonds. The molecule has 0 aliphatic carbocycles. The highest BCUT2D eigenvalue weighted by Crippen LogP contribution is 2.42. The second-order valence-corrected chi connectivity index (χ2v) is 14.6. The van der Waals surface area contributed by atoms with Crippen LogP contribution in [0.3, 0.4) is 0 Å². The van der Waals surface area contributed by atoms with Gasteiger partial charge in [0.15, 0.2) is 0 Å². The number of ether oxygens (including phenoxy) is 4. The first-order chi connectivity index (χ1) is 21.9. The van der Waals surface area contributed by atoms with Gasteiger partial charge in [0.05, 0.1) is 37.1 Å². The van der Waals surface area contributed by atoms with E-state index in [9.17, 15) is 19.2 Å². The normalized spacial score (nSPS) is 14.0. The van der Waals surface area contributed by atoms with Gasteiger partial charge in [-0.25, -0.2) is 4.79 Å². The van der Waals surface area contributed by atoms with Crippen LogP contribution < -0.4 is 0 Å². The Balaban J connectivity index is 4.85. The van der Waals surface area contributed by atoms with Crippen LogP contribution in [0.5, 0.6) is 0 Å². The van der Waals surface area contributed by atoms with Gasteiger partial charge < -0.3 is 18.9 Å². The SMILES string of the molecule is C#COC(=O)[C@@H](Br)C[C@@H](C[C@@](C)(CC(C)(C)C(=O)OCC)C(=O)OC)C(=O)OCCCCCCCCCCCCCCCCCC. The minimum Gasteiger partial charge on any atom is -0.469 e. The van der Waals surface area contributed by atoms with Crippen LogP contribution in [0.25, 0.3) is 0 Å². The van der Waals surface area contributed by atoms with E-state index < -0.39 is 45.5 Å². The summed E-state index contributed by atoms with van der Waals surface area (Å²) in [5, 5.41) is 0. The highest BCUT2D eigenvalue weighted by atomic mass is 79.9. The zero-order valence-corrected chi connectivity index (χ0v) is 31.3. The maximum atomic E-state index is 13.3. The molecule has 0 fully saturated rings. The van der Waals surface area contributed by atoms with Crippen LogP contribution in [0, 0.1) is 29.3 Å². The summed E-state index contributed by atoms with van der Waals surface area (Å²) >= 11 is 3.27. The van der Waals surface area contributed by atoms with Gasteiger partial charge in [-0.3, -0.25) is 14.4 Å². The lowest BCUT2D eigenvalue weighted by Crippen LogP contribution is -2.41. The predicted octanol–water partition coefficient (Wildman–Crippen LogP) is 9.24. The Bertz CT molecular complexity index is 912. The van der Waals surface area contributed by atoms with Crippen LogP contribution in [0.15, 0.2) is 0 Å². The van der Waals surface area contributed by atoms with E-state index in [0.717, 1.165) is 19.3 Å². The van der Waals surface area contributed by atoms with Gasteiger partial charge in [0.1, 0.15) is 10.9 Å². The fourth-order valence-electron chi connectivity index (χ4n) is 6.06. The van der Waals surface area contributed by atoms with E-state index in [2.05, 4.69) is 27.6 Å². The fourth-order valence-corrected chi connectivity index (χ4v) is 6.61. The minimum atomic E-state index is -1.24. The number of hydrogen-bond donors (Lipinski definition) is 0. The summed E-state index contributed by atoms with van der Waals surface area (Å²) in [6.07, 6.45) is 27.0. The number of rotatable bonds is 28. The molecule has 0 unspecified atom stereocenters. The smallest absolute Gasteiger partial charge is 0.333 e. The Labute approximate surface area is 288 Å². The summed E-state index contributed by atoms with van der Waals surface area (Å²) in [5.74, 6) is -3.13. The molecule has 0 radical (unpaired) electrons. The molecule has 0 saturated carbocycles. The average molecular weight is 716 g/mol. The van der Waals surface area contributed by atoms with Crippen molar-refractivity contribution in [3.63, 3.8) is 0 Å². The number of carbonyl (C=O) groups excluding carboxylic acids is 4. The topological polar surface area (TPSA) is 105 Å². The van der Waals surface area contributed by atoms with Gasteiger partial charge in [0.2, 0.25) is 0 Å². The van der Waals surface area contributed by atoms with Crippen LogP contribution in [0.4, 0.5) is 0 Å². The summed E-state index contributed by atoms with van der Waals surface area (Å²) < 4.78 is 20.6. The number of terminal acetylenes is 1. The van der Waals surface area contributed by atoms with Crippen LogP contribution in [0.2, 0.25) is 0 Å². The van der Waals surface area contributed by atoms with E-state index in [-0.39, 0.29) is 32.5 Å². The maximum absolute atomic E-state index is 13.3. The van der Waals surface area contributed by atoms with Crippen molar-refractivity contribution in [3.8, 4) is 12.5 Å². The van der Waals surface area contributed by atoms with E-state index in [1.54, 1.807) is 27.7 Å². The fraction of sp³-hybridized carbons (Fsp3) is 0.838. The number of carbonyl (C=O) groups is 4. The van der Waals surface area contributed by atoms with E-state index in [0.29, 0.717) is 0 Å². The summed E-state index contributed by atoms with van der Waals surface area (Å²) in [6, 6.07) is 0. The lowest BCUT2D eigenvalue weighted by Gasteiger charge is -2.36. The molecule has 3 atom stereocenters. The zero-order valence-electron chi connectivity index (χ0n) is 29.7. The summed E-state index contributed by atoms with van der Waals surface area (Å²) in [6.45, 7) is 9.45. The van der Waals surface area contributed by atoms with Crippen molar-refractivity contribution in [2.45, 2.75) is 161 Å². The molecule has 0 saturated heterocycles. The number of esters is 4. The lowest BCUT2D eigenvalue weighted by molar-refractivity contribution is -0.163. The molecule has 0 aliphatic rings. The van der Waals surface area contributed by atoms with E-state index in [1.165, 1.54) is 90.6 Å². The van der Waals surface area contributed by atoms with E-state index in [1.807, 2.05) is 6.11 Å². The van der Waals surface area contributed by atoms with Crippen molar-refractivity contribution < 1.29 is 38.1 Å². The first-order valence-corrected chi connectivity index (χ1v) is 18.5. The molecule has 0 aromatic heterocycles. The van der Waals surface area contributed by atoms with Gasteiger partial charge in [0.25, 0.3) is 0 Å². The minimum absolute atomic E-state index is 0.00820. The molecular formula is C37H63BrO8. The number of unbranched alkanes of at least 4 members (excludes halogenated alkanes) is 15. The van der Waals surface area contributed by atoms with Gasteiger partial charge in [-0.05, 0) is 53.4 Å². The molecule has 0 aromatic carbocycles. The lowest BCUT2D eigenvalue weighted by atomic mass is 9.69. The van der Waals surface area contributed by atoms with Crippen molar-refractivity contribution in [1.82, 2.24) is 0 Å². The molecule has 0 aromatic rings. The summed E-state index contributed by atoms with van der Waals surface area (Å²) in [4.78, 5) is 50.4. The van der Waals surface area contributed by atoms with E-state index >= 15 is 0 Å². The number of methoxy groups -OCH3 is 1. The average Bonchev–Trinajstić information content (AvgIpc) is 3.01. The Morgan fingerprint density at radius 2 is 1.20 bits per heavy atom. The molecule has 266 valence electrons. The quantitative estimate of drug-likeness (QED) is 0.0260. The second kappa shape index (κ2) is 25.9. The Morgan fingerprint density at radius 1 is 0.717 bits per heavy atom. The van der Waals surface area contributed by atoms with Crippen LogP contribution in [-0.2, 0) is 38.1 Å². The summed E-state index contributed by atoms with van der Waals surface area (Å²) in [5.41, 5.74) is -2.27. The molecule has 0 rings (SSSR count). The van der Waals surface area contributed by atoms with Crippen molar-refractivity contribution >= 4 is 39.8 Å². The zero-order chi connectivity index (χ0) is 34.8. The molecule has 0 heterocycles. The molecular weight excluding hydrogens is 652 g/mol. The van der Waals surface area contributed by atoms with Gasteiger partial charge in [0, 0.05) is 0 Å². The standard InChI is InChI=1S/C37H63BrO8/c1-8-11-12-13-14-15-16-17-18-19-20-21-22-23-24-25-26-46-32(39)30(27-31(38)33(40)44-9-2)28-37(6,35(42)43-7)29-36(4,5)34(41)45-10-3/h2,30-31H,8,10-29H2,1,3-7H3/t30-,31-,37-/m0/s1. The molecule has 0 spiro atoms. The third-order valence-corrected chi connectivity index (χ3v) is 9.27. The van der Waals surface area contributed by atoms with Gasteiger partial charge >= 0.3 is 23.9 Å². The molecule has 0 N–H and O–H groups in total. The van der Waals surface area contributed by atoms with Gasteiger partial charge in [-0.15, -0.1) is 0 Å². The van der Waals surface area contributed by atoms with Gasteiger partial charge in [-0.2, -0.15) is 0 Å². The van der Waals surface area contributed by atoms with Crippen molar-refractivity contribution in [2.24, 2.45) is 16.7 Å². The van der Waals surface area contributed by atoms with Crippen molar-refractivity contribution in [1.29, 1.82) is 0 Å². The Kier molecular flexibility index (Phi) is 24.8. The molecule has 9 heteroatoms. The molecule has 46 heavy (non-hydrogen) atoms. The monoisotopic (exact) mass is 714 g/mol. The van der Waals surface area contributed by atoms with Gasteiger partial charge in [-0.1, -0.05) is 126 Å². The van der Waals surface area contributed by atoms with Crippen LogP contribution in [-0.4, -0.2) is 49.0 Å². The Morgan fingerprint density at radius 3 is 1.63 bits per heavy atom. The first kappa shape index (κ1) is 43.9. The van der Waals surface area contributed by atoms with Crippen molar-refractivity contribution in [3.05, 3.63) is 0 Å². The third-order valence-electron chi connectivity index (χ3n) is 8.52. The van der Waals surface area contributed by atoms with E-state index in [4.69, 9.17) is 20.6 Å². The number of alkyl halides is 1. The van der Waals surface area contributed by atoms with Crippen LogP contribution in [0.1, 0.15) is 157 Å². The second-order valence-electron chi connectivity index (χ2n) is 13.4. The highest BCUT2D eigenvalue weighted by Gasteiger charge is 2.46. The predicted molar refractivity (Wildman–Crippen MR) is 186 cm³/mol. The first-order valence-electron chi connectivity index (χ1n) is 17.6. The highest BCUT2D eigenvalue weighted by molar-refractivity contribution is 9.10. The molecule has 0 aliphatic heterocycles. The number of hydrogen-bond acceptors (Lipinski definition) is 8. The maximum Gasteiger partial charge on any atom is 0.333 e. The summed E-state index contributed by atoms with van der Waals surface area (Å²) in [7, 11) is 1.26. The third kappa shape index (κ3) is 19.6.